The van der Waals surface area contributed by atoms with Crippen LogP contribution in [0.15, 0.2) is 60.4 Å². The van der Waals surface area contributed by atoms with Crippen LogP contribution in [0.25, 0.3) is 0 Å². The third-order valence-electron chi connectivity index (χ3n) is 4.60. The Labute approximate surface area is 169 Å². The van der Waals surface area contributed by atoms with Gasteiger partial charge in [0.05, 0.1) is 0 Å². The standard InChI is InChI=1S/C24H34F2N2/c1-9-11-22(18(5)15-24(7,25)26)19(6)28-21-13-17(4)23(27-8)20(14-21)12-16(3)10-2/h9-11,13-14,16,27-28H,2,6,12,15H2,1,3-5,7-8H3/b11-9-,22-18-. The summed E-state index contributed by atoms with van der Waals surface area (Å²) < 4.78 is 27.0. The summed E-state index contributed by atoms with van der Waals surface area (Å²) in [5, 5.41) is 6.59. The molecular weight excluding hydrogens is 354 g/mol. The normalized spacial score (nSPS) is 13.9. The van der Waals surface area contributed by atoms with Crippen molar-refractivity contribution in [3.63, 3.8) is 0 Å². The molecule has 0 aliphatic rings. The SMILES string of the molecule is C=CC(C)Cc1cc(NC(=C)C(/C=C\C)=C(/C)CC(C)(F)F)cc(C)c1NC. The summed E-state index contributed by atoms with van der Waals surface area (Å²) in [6.07, 6.45) is 6.17. The zero-order chi connectivity index (χ0) is 21.5. The smallest absolute Gasteiger partial charge is 0.249 e. The molecule has 1 unspecified atom stereocenters. The molecule has 1 aromatic rings. The van der Waals surface area contributed by atoms with E-state index in [0.29, 0.717) is 22.8 Å². The van der Waals surface area contributed by atoms with Gasteiger partial charge >= 0.3 is 0 Å². The van der Waals surface area contributed by atoms with Crippen LogP contribution >= 0.6 is 0 Å². The molecule has 0 amide bonds. The number of rotatable bonds is 10. The highest BCUT2D eigenvalue weighted by molar-refractivity contribution is 5.67. The van der Waals surface area contributed by atoms with Crippen molar-refractivity contribution in [1.29, 1.82) is 0 Å². The minimum Gasteiger partial charge on any atom is -0.388 e. The third kappa shape index (κ3) is 6.99. The van der Waals surface area contributed by atoms with Crippen LogP contribution in [0.3, 0.4) is 0 Å². The molecule has 4 heteroatoms. The van der Waals surface area contributed by atoms with E-state index in [1.54, 1.807) is 6.92 Å². The van der Waals surface area contributed by atoms with E-state index in [1.807, 2.05) is 45.2 Å². The molecule has 0 spiro atoms. The molecule has 0 aliphatic heterocycles. The maximum Gasteiger partial charge on any atom is 0.249 e. The molecule has 1 atom stereocenters. The summed E-state index contributed by atoms with van der Waals surface area (Å²) in [5.41, 5.74) is 6.21. The van der Waals surface area contributed by atoms with Crippen molar-refractivity contribution in [2.24, 2.45) is 5.92 Å². The van der Waals surface area contributed by atoms with E-state index >= 15 is 0 Å². The summed E-state index contributed by atoms with van der Waals surface area (Å²) in [5.74, 6) is -2.41. The molecule has 0 saturated heterocycles. The van der Waals surface area contributed by atoms with Crippen LogP contribution in [0.2, 0.25) is 0 Å². The molecule has 0 heterocycles. The summed E-state index contributed by atoms with van der Waals surface area (Å²) in [6, 6.07) is 4.12. The number of hydrogen-bond donors (Lipinski definition) is 2. The van der Waals surface area contributed by atoms with Crippen LogP contribution in [-0.2, 0) is 6.42 Å². The Hall–Kier alpha value is -2.36. The summed E-state index contributed by atoms with van der Waals surface area (Å²) in [4.78, 5) is 0. The molecule has 0 aliphatic carbocycles. The van der Waals surface area contributed by atoms with Gasteiger partial charge in [-0.1, -0.05) is 37.3 Å². The van der Waals surface area contributed by atoms with E-state index in [0.717, 1.165) is 30.3 Å². The topological polar surface area (TPSA) is 24.1 Å². The molecule has 28 heavy (non-hydrogen) atoms. The first-order chi connectivity index (χ1) is 13.0. The fourth-order valence-corrected chi connectivity index (χ4v) is 3.35. The van der Waals surface area contributed by atoms with Crippen molar-refractivity contribution >= 4 is 11.4 Å². The number of benzene rings is 1. The number of hydrogen-bond acceptors (Lipinski definition) is 2. The molecule has 0 radical (unpaired) electrons. The highest BCUT2D eigenvalue weighted by Crippen LogP contribution is 2.31. The summed E-state index contributed by atoms with van der Waals surface area (Å²) in [6.45, 7) is 16.7. The van der Waals surface area contributed by atoms with Crippen molar-refractivity contribution in [3.8, 4) is 0 Å². The Morgan fingerprint density at radius 2 is 1.96 bits per heavy atom. The van der Waals surface area contributed by atoms with Gasteiger partial charge in [0.25, 0.3) is 0 Å². The van der Waals surface area contributed by atoms with Gasteiger partial charge in [-0.25, -0.2) is 8.78 Å². The lowest BCUT2D eigenvalue weighted by Gasteiger charge is -2.20. The van der Waals surface area contributed by atoms with E-state index in [9.17, 15) is 8.78 Å². The quantitative estimate of drug-likeness (QED) is 0.325. The van der Waals surface area contributed by atoms with Gasteiger partial charge in [0.1, 0.15) is 0 Å². The largest absolute Gasteiger partial charge is 0.388 e. The lowest BCUT2D eigenvalue weighted by atomic mass is 9.96. The lowest BCUT2D eigenvalue weighted by Crippen LogP contribution is -2.12. The fraction of sp³-hybridized carbons (Fsp3) is 0.417. The first kappa shape index (κ1) is 23.7. The van der Waals surface area contributed by atoms with Crippen molar-refractivity contribution < 1.29 is 8.78 Å². The molecule has 2 N–H and O–H groups in total. The highest BCUT2D eigenvalue weighted by atomic mass is 19.3. The van der Waals surface area contributed by atoms with Crippen LogP contribution in [0, 0.1) is 12.8 Å². The van der Waals surface area contributed by atoms with Gasteiger partial charge in [-0.2, -0.15) is 0 Å². The van der Waals surface area contributed by atoms with Crippen LogP contribution in [-0.4, -0.2) is 13.0 Å². The predicted molar refractivity (Wildman–Crippen MR) is 119 cm³/mol. The number of aryl methyl sites for hydroxylation is 1. The van der Waals surface area contributed by atoms with Crippen LogP contribution in [0.5, 0.6) is 0 Å². The zero-order valence-electron chi connectivity index (χ0n) is 18.0. The van der Waals surface area contributed by atoms with E-state index in [4.69, 9.17) is 0 Å². The van der Waals surface area contributed by atoms with Crippen molar-refractivity contribution in [1.82, 2.24) is 0 Å². The van der Waals surface area contributed by atoms with Gasteiger partial charge in [0.15, 0.2) is 0 Å². The van der Waals surface area contributed by atoms with Gasteiger partial charge in [-0.05, 0) is 68.9 Å². The minimum atomic E-state index is -2.75. The Bertz CT molecular complexity index is 768. The van der Waals surface area contributed by atoms with E-state index < -0.39 is 5.92 Å². The van der Waals surface area contributed by atoms with Gasteiger partial charge in [-0.3, -0.25) is 0 Å². The number of alkyl halides is 2. The average Bonchev–Trinajstić information content (AvgIpc) is 2.57. The third-order valence-corrected chi connectivity index (χ3v) is 4.60. The minimum absolute atomic E-state index is 0.298. The Kier molecular flexibility index (Phi) is 8.67. The molecule has 1 rings (SSSR count). The van der Waals surface area contributed by atoms with Crippen molar-refractivity contribution in [2.45, 2.75) is 53.4 Å². The Morgan fingerprint density at radius 3 is 2.46 bits per heavy atom. The van der Waals surface area contributed by atoms with Crippen LogP contribution in [0.1, 0.15) is 45.2 Å². The fourth-order valence-electron chi connectivity index (χ4n) is 3.35. The zero-order valence-corrected chi connectivity index (χ0v) is 18.0. The van der Waals surface area contributed by atoms with Crippen molar-refractivity contribution in [3.05, 3.63) is 71.5 Å². The number of allylic oxidation sites excluding steroid dienone is 4. The summed E-state index contributed by atoms with van der Waals surface area (Å²) >= 11 is 0. The van der Waals surface area contributed by atoms with Gasteiger partial charge in [-0.15, -0.1) is 6.58 Å². The second kappa shape index (κ2) is 10.3. The second-order valence-corrected chi connectivity index (χ2v) is 7.54. The molecule has 0 saturated carbocycles. The highest BCUT2D eigenvalue weighted by Gasteiger charge is 2.23. The first-order valence-electron chi connectivity index (χ1n) is 9.62. The number of halogens is 2. The van der Waals surface area contributed by atoms with Crippen LogP contribution in [0.4, 0.5) is 20.2 Å². The van der Waals surface area contributed by atoms with Gasteiger partial charge in [0, 0.05) is 30.5 Å². The first-order valence-corrected chi connectivity index (χ1v) is 9.62. The number of nitrogens with one attached hydrogen (secondary N) is 2. The average molecular weight is 389 g/mol. The lowest BCUT2D eigenvalue weighted by molar-refractivity contribution is 0.0225. The Morgan fingerprint density at radius 1 is 1.32 bits per heavy atom. The van der Waals surface area contributed by atoms with E-state index in [-0.39, 0.29) is 6.42 Å². The van der Waals surface area contributed by atoms with Gasteiger partial charge < -0.3 is 10.6 Å². The van der Waals surface area contributed by atoms with Gasteiger partial charge in [0.2, 0.25) is 5.92 Å². The molecule has 0 aromatic heterocycles. The number of anilines is 2. The summed E-state index contributed by atoms with van der Waals surface area (Å²) in [7, 11) is 1.91. The maximum atomic E-state index is 13.5. The molecule has 1 aromatic carbocycles. The van der Waals surface area contributed by atoms with Crippen molar-refractivity contribution in [2.75, 3.05) is 17.7 Å². The molecule has 0 bridgehead atoms. The monoisotopic (exact) mass is 388 g/mol. The Balaban J connectivity index is 3.25. The maximum absolute atomic E-state index is 13.5. The van der Waals surface area contributed by atoms with E-state index in [1.165, 1.54) is 5.56 Å². The van der Waals surface area contributed by atoms with E-state index in [2.05, 4.69) is 36.8 Å². The molecule has 2 nitrogen and oxygen atoms in total. The predicted octanol–water partition coefficient (Wildman–Crippen LogP) is 7.26. The molecule has 0 fully saturated rings. The molecular formula is C24H34F2N2. The second-order valence-electron chi connectivity index (χ2n) is 7.54. The van der Waals surface area contributed by atoms with Crippen LogP contribution < -0.4 is 10.6 Å². The molecule has 154 valence electrons.